The van der Waals surface area contributed by atoms with Gasteiger partial charge in [-0.05, 0) is 39.3 Å². The Bertz CT molecular complexity index is 493. The van der Waals surface area contributed by atoms with Crippen molar-refractivity contribution in [2.24, 2.45) is 22.7 Å². The number of aliphatic hydroxyl groups excluding tert-OH is 1. The molecule has 0 radical (unpaired) electrons. The van der Waals surface area contributed by atoms with Crippen molar-refractivity contribution < 1.29 is 19.5 Å². The summed E-state index contributed by atoms with van der Waals surface area (Å²) >= 11 is 0. The molecule has 3 amide bonds. The van der Waals surface area contributed by atoms with Crippen LogP contribution in [0.5, 0.6) is 0 Å². The minimum atomic E-state index is -0.991. The average molecular weight is 357 g/mol. The fourth-order valence-corrected chi connectivity index (χ4v) is 2.45. The van der Waals surface area contributed by atoms with Crippen LogP contribution in [0.4, 0.5) is 4.79 Å². The van der Waals surface area contributed by atoms with Crippen LogP contribution >= 0.6 is 0 Å². The van der Waals surface area contributed by atoms with Gasteiger partial charge in [0.05, 0.1) is 12.1 Å². The Balaban J connectivity index is 5.01. The van der Waals surface area contributed by atoms with E-state index in [-0.39, 0.29) is 17.6 Å². The third-order valence-corrected chi connectivity index (χ3v) is 3.88. The molecule has 0 fully saturated rings. The van der Waals surface area contributed by atoms with E-state index in [4.69, 9.17) is 5.73 Å². The zero-order chi connectivity index (χ0) is 19.7. The number of carbonyl (C=O) groups is 3. The Morgan fingerprint density at radius 2 is 1.80 bits per heavy atom. The number of nitrogens with one attached hydrogen (secondary N) is 2. The monoisotopic (exact) mass is 357 g/mol. The highest BCUT2D eigenvalue weighted by atomic mass is 16.3. The second-order valence-electron chi connectivity index (χ2n) is 6.74. The van der Waals surface area contributed by atoms with Crippen LogP contribution in [-0.2, 0) is 9.59 Å². The van der Waals surface area contributed by atoms with Gasteiger partial charge in [-0.15, -0.1) is 0 Å². The summed E-state index contributed by atoms with van der Waals surface area (Å²) in [7, 11) is 3.36. The van der Waals surface area contributed by atoms with Crippen molar-refractivity contribution in [3.05, 3.63) is 0 Å². The van der Waals surface area contributed by atoms with E-state index in [1.165, 1.54) is 13.1 Å². The van der Waals surface area contributed by atoms with Gasteiger partial charge in [0.2, 0.25) is 5.91 Å². The summed E-state index contributed by atoms with van der Waals surface area (Å²) in [6, 6.07) is -2.20. The molecule has 0 aliphatic heterocycles. The second-order valence-corrected chi connectivity index (χ2v) is 6.74. The van der Waals surface area contributed by atoms with Crippen molar-refractivity contribution >= 4 is 23.9 Å². The van der Waals surface area contributed by atoms with Gasteiger partial charge in [0.15, 0.2) is 5.78 Å². The summed E-state index contributed by atoms with van der Waals surface area (Å²) in [5.41, 5.74) is 6.96. The number of likely N-dealkylation sites (N-methyl/N-ethyl adjacent to an activating group) is 1. The van der Waals surface area contributed by atoms with Gasteiger partial charge in [-0.25, -0.2) is 10.2 Å². The van der Waals surface area contributed by atoms with E-state index in [0.29, 0.717) is 6.42 Å². The number of primary amides is 1. The Morgan fingerprint density at radius 3 is 2.20 bits per heavy atom. The summed E-state index contributed by atoms with van der Waals surface area (Å²) in [6.07, 6.45) is 0.754. The predicted molar refractivity (Wildman–Crippen MR) is 95.9 cm³/mol. The number of rotatable bonds is 10. The van der Waals surface area contributed by atoms with E-state index in [9.17, 15) is 19.5 Å². The molecule has 0 heterocycles. The highest BCUT2D eigenvalue weighted by Gasteiger charge is 2.34. The van der Waals surface area contributed by atoms with Crippen molar-refractivity contribution in [1.29, 1.82) is 0 Å². The molecule has 0 rings (SSSR count). The Kier molecular flexibility index (Phi) is 9.92. The summed E-state index contributed by atoms with van der Waals surface area (Å²) in [4.78, 5) is 36.4. The minimum Gasteiger partial charge on any atom is -0.391 e. The molecule has 25 heavy (non-hydrogen) atoms. The van der Waals surface area contributed by atoms with E-state index < -0.39 is 30.1 Å². The van der Waals surface area contributed by atoms with Gasteiger partial charge in [0, 0.05) is 6.21 Å². The maximum absolute atomic E-state index is 12.6. The van der Waals surface area contributed by atoms with Crippen LogP contribution in [0.15, 0.2) is 5.10 Å². The zero-order valence-corrected chi connectivity index (χ0v) is 15.8. The van der Waals surface area contributed by atoms with Gasteiger partial charge in [0.1, 0.15) is 6.04 Å². The Morgan fingerprint density at radius 1 is 1.24 bits per heavy atom. The van der Waals surface area contributed by atoms with Gasteiger partial charge in [-0.3, -0.25) is 14.5 Å². The number of Topliss-reactive ketones (excluding diaryl/α,β-unsaturated/α-hetero) is 1. The zero-order valence-electron chi connectivity index (χ0n) is 15.8. The van der Waals surface area contributed by atoms with Gasteiger partial charge in [-0.1, -0.05) is 20.8 Å². The Labute approximate surface area is 149 Å². The molecule has 144 valence electrons. The number of hydrogen-bond donors (Lipinski definition) is 4. The number of carbonyl (C=O) groups excluding carboxylic acids is 3. The average Bonchev–Trinajstić information content (AvgIpc) is 2.47. The molecule has 9 nitrogen and oxygen atoms in total. The van der Waals surface area contributed by atoms with E-state index in [1.807, 2.05) is 13.8 Å². The normalized spacial score (nSPS) is 16.5. The summed E-state index contributed by atoms with van der Waals surface area (Å²) < 4.78 is 0. The molecule has 0 aliphatic carbocycles. The van der Waals surface area contributed by atoms with Crippen molar-refractivity contribution in [2.75, 3.05) is 14.1 Å². The molecule has 9 heteroatoms. The Hall–Kier alpha value is -2.00. The first-order valence-electron chi connectivity index (χ1n) is 8.21. The number of hydrazone groups is 1. The lowest BCUT2D eigenvalue weighted by Crippen LogP contribution is -2.56. The fraction of sp³-hybridized carbons (Fsp3) is 0.750. The molecular formula is C16H31N5O4. The number of urea groups is 1. The molecule has 0 aliphatic rings. The van der Waals surface area contributed by atoms with Gasteiger partial charge < -0.3 is 16.2 Å². The first-order valence-corrected chi connectivity index (χ1v) is 8.21. The predicted octanol–water partition coefficient (Wildman–Crippen LogP) is -0.312. The van der Waals surface area contributed by atoms with Crippen molar-refractivity contribution in [1.82, 2.24) is 15.6 Å². The molecule has 0 bridgehead atoms. The van der Waals surface area contributed by atoms with E-state index in [0.717, 1.165) is 0 Å². The number of aliphatic hydroxyl groups is 1. The van der Waals surface area contributed by atoms with Crippen molar-refractivity contribution in [3.8, 4) is 0 Å². The molecule has 4 atom stereocenters. The number of nitrogens with two attached hydrogens (primary N) is 1. The standard InChI is InChI=1S/C16H31N5O4/c1-9(2)12(11(4)22)19-15(24)13(21(5)6)14(23)10(3)7-8-18-20-16(17)25/h8-10,12-14,23H,7H2,1-6H3,(H,19,24)(H3,17,20,25)/b18-8+/t10-,12-,13-,14-/m1/s1. The third-order valence-electron chi connectivity index (χ3n) is 3.88. The first kappa shape index (κ1) is 23.0. The number of nitrogens with zero attached hydrogens (tertiary/aromatic N) is 2. The number of hydrogen-bond acceptors (Lipinski definition) is 6. The minimum absolute atomic E-state index is 0.0502. The molecule has 0 spiro atoms. The van der Waals surface area contributed by atoms with Gasteiger partial charge in [-0.2, -0.15) is 5.10 Å². The summed E-state index contributed by atoms with van der Waals surface area (Å²) in [6.45, 7) is 6.88. The molecule has 0 saturated carbocycles. The van der Waals surface area contributed by atoms with Crippen molar-refractivity contribution in [3.63, 3.8) is 0 Å². The lowest BCUT2D eigenvalue weighted by atomic mass is 9.93. The smallest absolute Gasteiger partial charge is 0.332 e. The molecule has 0 aromatic rings. The molecular weight excluding hydrogens is 326 g/mol. The summed E-state index contributed by atoms with van der Waals surface area (Å²) in [5.74, 6) is -0.907. The lowest BCUT2D eigenvalue weighted by Gasteiger charge is -2.32. The van der Waals surface area contributed by atoms with Crippen LogP contribution in [0.25, 0.3) is 0 Å². The summed E-state index contributed by atoms with van der Waals surface area (Å²) in [5, 5.41) is 16.9. The van der Waals surface area contributed by atoms with Gasteiger partial charge in [0.25, 0.3) is 0 Å². The SMILES string of the molecule is CC(=O)[C@H](NC(=O)[C@@H]([C@H](O)[C@H](C)C/C=N/NC(N)=O)N(C)C)C(C)C. The quantitative estimate of drug-likeness (QED) is 0.314. The second kappa shape index (κ2) is 10.8. The topological polar surface area (TPSA) is 137 Å². The van der Waals surface area contributed by atoms with Crippen LogP contribution in [0, 0.1) is 11.8 Å². The van der Waals surface area contributed by atoms with Crippen molar-refractivity contribution in [2.45, 2.75) is 52.3 Å². The molecule has 0 aromatic carbocycles. The van der Waals surface area contributed by atoms with Crippen LogP contribution in [0.1, 0.15) is 34.1 Å². The van der Waals surface area contributed by atoms with Crippen LogP contribution in [0.2, 0.25) is 0 Å². The maximum Gasteiger partial charge on any atom is 0.332 e. The molecule has 5 N–H and O–H groups in total. The molecule has 0 unspecified atom stereocenters. The number of amides is 3. The molecule has 0 saturated heterocycles. The molecule has 0 aromatic heterocycles. The largest absolute Gasteiger partial charge is 0.391 e. The number of ketones is 1. The third kappa shape index (κ3) is 8.08. The highest BCUT2D eigenvalue weighted by Crippen LogP contribution is 2.15. The van der Waals surface area contributed by atoms with E-state index in [2.05, 4.69) is 15.8 Å². The van der Waals surface area contributed by atoms with E-state index >= 15 is 0 Å². The first-order chi connectivity index (χ1) is 11.5. The van der Waals surface area contributed by atoms with Crippen LogP contribution in [-0.4, -0.2) is 66.2 Å². The lowest BCUT2D eigenvalue weighted by molar-refractivity contribution is -0.134. The van der Waals surface area contributed by atoms with E-state index in [1.54, 1.807) is 25.9 Å². The maximum atomic E-state index is 12.6. The fourth-order valence-electron chi connectivity index (χ4n) is 2.45. The van der Waals surface area contributed by atoms with Crippen LogP contribution in [0.3, 0.4) is 0 Å². The highest BCUT2D eigenvalue weighted by molar-refractivity contribution is 5.90. The van der Waals surface area contributed by atoms with Crippen LogP contribution < -0.4 is 16.5 Å². The van der Waals surface area contributed by atoms with Gasteiger partial charge >= 0.3 is 6.03 Å².